The Balaban J connectivity index is 1.62. The fraction of sp³-hybridized carbons (Fsp3) is 0.273. The third-order valence-corrected chi connectivity index (χ3v) is 4.91. The zero-order valence-electron chi connectivity index (χ0n) is 14.2. The molecule has 0 aliphatic heterocycles. The molecule has 0 unspecified atom stereocenters. The van der Waals surface area contributed by atoms with Gasteiger partial charge in [-0.2, -0.15) is 0 Å². The van der Waals surface area contributed by atoms with E-state index in [2.05, 4.69) is 64.6 Å². The lowest BCUT2D eigenvalue weighted by molar-refractivity contribution is 0.350. The van der Waals surface area contributed by atoms with Crippen molar-refractivity contribution in [3.05, 3.63) is 70.9 Å². The van der Waals surface area contributed by atoms with Gasteiger partial charge in [-0.3, -0.25) is 0 Å². The topological polar surface area (TPSA) is 48.0 Å². The molecule has 1 atom stereocenters. The van der Waals surface area contributed by atoms with Gasteiger partial charge in [0.1, 0.15) is 6.61 Å². The molecule has 126 valence electrons. The second-order valence-electron chi connectivity index (χ2n) is 6.55. The van der Waals surface area contributed by atoms with Crippen molar-refractivity contribution in [1.82, 2.24) is 10.3 Å². The lowest BCUT2D eigenvalue weighted by Crippen LogP contribution is -2.24. The van der Waals surface area contributed by atoms with Crippen LogP contribution in [0, 0.1) is 11.8 Å². The summed E-state index contributed by atoms with van der Waals surface area (Å²) in [6.07, 6.45) is 3.46. The van der Waals surface area contributed by atoms with E-state index < -0.39 is 0 Å². The van der Waals surface area contributed by atoms with Crippen LogP contribution in [0.4, 0.5) is 0 Å². The van der Waals surface area contributed by atoms with Gasteiger partial charge in [-0.25, -0.2) is 0 Å². The van der Waals surface area contributed by atoms with Crippen molar-refractivity contribution >= 4 is 10.9 Å². The minimum Gasteiger partial charge on any atom is -0.384 e. The highest BCUT2D eigenvalue weighted by Gasteiger charge is 2.23. The number of rotatable bonds is 3. The molecule has 1 heterocycles. The van der Waals surface area contributed by atoms with Crippen LogP contribution in [0.3, 0.4) is 0 Å². The summed E-state index contributed by atoms with van der Waals surface area (Å²) in [6, 6.07) is 17.2. The van der Waals surface area contributed by atoms with Crippen LogP contribution >= 0.6 is 0 Å². The molecule has 0 spiro atoms. The normalized spacial score (nSPS) is 16.3. The molecule has 1 aromatic heterocycles. The maximum atomic E-state index is 8.89. The molecule has 2 aromatic carbocycles. The van der Waals surface area contributed by atoms with Crippen molar-refractivity contribution in [2.75, 3.05) is 6.61 Å². The Morgan fingerprint density at radius 3 is 2.88 bits per heavy atom. The molecule has 3 nitrogen and oxygen atoms in total. The maximum Gasteiger partial charge on any atom is 0.104 e. The highest BCUT2D eigenvalue weighted by Crippen LogP contribution is 2.35. The summed E-state index contributed by atoms with van der Waals surface area (Å²) in [5.41, 5.74) is 6.19. The first-order valence-electron chi connectivity index (χ1n) is 8.86. The fourth-order valence-corrected chi connectivity index (χ4v) is 3.72. The first kappa shape index (κ1) is 16.0. The number of hydrogen-bond donors (Lipinski definition) is 3. The average Bonchev–Trinajstić information content (AvgIpc) is 3.04. The first-order valence-corrected chi connectivity index (χ1v) is 8.86. The van der Waals surface area contributed by atoms with E-state index in [1.54, 1.807) is 0 Å². The minimum atomic E-state index is -0.102. The Hall–Kier alpha value is -2.54. The fourth-order valence-electron chi connectivity index (χ4n) is 3.72. The Kier molecular flexibility index (Phi) is 4.56. The molecular formula is C22H22N2O. The van der Waals surface area contributed by atoms with Gasteiger partial charge in [0, 0.05) is 34.7 Å². The SMILES string of the molecule is OCC#Cc1ccc2[nH]c3c(c2c1)CCC[C@H]3NCc1ccccc1. The lowest BCUT2D eigenvalue weighted by atomic mass is 9.91. The van der Waals surface area contributed by atoms with E-state index in [4.69, 9.17) is 5.11 Å². The lowest BCUT2D eigenvalue weighted by Gasteiger charge is -2.24. The van der Waals surface area contributed by atoms with Crippen LogP contribution in [-0.2, 0) is 13.0 Å². The van der Waals surface area contributed by atoms with Crippen LogP contribution in [0.1, 0.15) is 41.3 Å². The Bertz CT molecular complexity index is 931. The van der Waals surface area contributed by atoms with Crippen LogP contribution < -0.4 is 5.32 Å². The van der Waals surface area contributed by atoms with E-state index in [0.29, 0.717) is 6.04 Å². The van der Waals surface area contributed by atoms with Gasteiger partial charge in [0.2, 0.25) is 0 Å². The summed E-state index contributed by atoms with van der Waals surface area (Å²) in [5, 5.41) is 13.9. The van der Waals surface area contributed by atoms with Gasteiger partial charge >= 0.3 is 0 Å². The predicted molar refractivity (Wildman–Crippen MR) is 101 cm³/mol. The second kappa shape index (κ2) is 7.14. The molecule has 0 amide bonds. The molecule has 3 N–H and O–H groups in total. The van der Waals surface area contributed by atoms with Crippen LogP contribution in [-0.4, -0.2) is 16.7 Å². The molecular weight excluding hydrogens is 308 g/mol. The third kappa shape index (κ3) is 3.32. The summed E-state index contributed by atoms with van der Waals surface area (Å²) in [7, 11) is 0. The van der Waals surface area contributed by atoms with Gasteiger partial charge in [0.25, 0.3) is 0 Å². The molecule has 1 aliphatic carbocycles. The standard InChI is InChI=1S/C22H22N2O/c25-13-5-8-16-11-12-20-19(14-16)18-9-4-10-21(22(18)24-20)23-15-17-6-2-1-3-7-17/h1-3,6-7,11-12,14,21,23-25H,4,9-10,13,15H2/t21-/m1/s1. The number of benzene rings is 2. The van der Waals surface area contributed by atoms with E-state index in [0.717, 1.165) is 24.9 Å². The number of aryl methyl sites for hydroxylation is 1. The van der Waals surface area contributed by atoms with E-state index in [9.17, 15) is 0 Å². The van der Waals surface area contributed by atoms with E-state index >= 15 is 0 Å². The van der Waals surface area contributed by atoms with Crippen molar-refractivity contribution in [2.45, 2.75) is 31.8 Å². The van der Waals surface area contributed by atoms with Crippen molar-refractivity contribution in [3.63, 3.8) is 0 Å². The zero-order chi connectivity index (χ0) is 17.1. The van der Waals surface area contributed by atoms with Gasteiger partial charge in [0.05, 0.1) is 0 Å². The monoisotopic (exact) mass is 330 g/mol. The van der Waals surface area contributed by atoms with Gasteiger partial charge in [-0.05, 0) is 48.6 Å². The van der Waals surface area contributed by atoms with E-state index in [1.165, 1.54) is 34.1 Å². The number of aromatic nitrogens is 1. The van der Waals surface area contributed by atoms with E-state index in [-0.39, 0.29) is 6.61 Å². The number of nitrogens with one attached hydrogen (secondary N) is 2. The number of H-pyrrole nitrogens is 1. The first-order chi connectivity index (χ1) is 12.3. The van der Waals surface area contributed by atoms with Crippen molar-refractivity contribution in [2.24, 2.45) is 0 Å². The van der Waals surface area contributed by atoms with Crippen molar-refractivity contribution < 1.29 is 5.11 Å². The second-order valence-corrected chi connectivity index (χ2v) is 6.55. The quantitative estimate of drug-likeness (QED) is 0.642. The Labute approximate surface area is 148 Å². The number of hydrogen-bond acceptors (Lipinski definition) is 2. The van der Waals surface area contributed by atoms with Crippen LogP contribution in [0.15, 0.2) is 48.5 Å². The molecule has 0 fully saturated rings. The van der Waals surface area contributed by atoms with Gasteiger partial charge in [0.15, 0.2) is 0 Å². The third-order valence-electron chi connectivity index (χ3n) is 4.91. The number of fused-ring (bicyclic) bond motifs is 3. The summed E-state index contributed by atoms with van der Waals surface area (Å²) >= 11 is 0. The minimum absolute atomic E-state index is 0.102. The zero-order valence-corrected chi connectivity index (χ0v) is 14.2. The molecule has 1 aliphatic rings. The van der Waals surface area contributed by atoms with Gasteiger partial charge in [-0.1, -0.05) is 42.2 Å². The summed E-state index contributed by atoms with van der Waals surface area (Å²) < 4.78 is 0. The van der Waals surface area contributed by atoms with Crippen LogP contribution in [0.5, 0.6) is 0 Å². The highest BCUT2D eigenvalue weighted by molar-refractivity contribution is 5.86. The average molecular weight is 330 g/mol. The Morgan fingerprint density at radius 2 is 2.04 bits per heavy atom. The van der Waals surface area contributed by atoms with Gasteiger partial charge < -0.3 is 15.4 Å². The maximum absolute atomic E-state index is 8.89. The number of aliphatic hydroxyl groups excluding tert-OH is 1. The van der Waals surface area contributed by atoms with Gasteiger partial charge in [-0.15, -0.1) is 0 Å². The smallest absolute Gasteiger partial charge is 0.104 e. The highest BCUT2D eigenvalue weighted by atomic mass is 16.2. The predicted octanol–water partition coefficient (Wildman–Crippen LogP) is 3.68. The van der Waals surface area contributed by atoms with E-state index in [1.807, 2.05) is 6.07 Å². The molecule has 4 rings (SSSR count). The number of aliphatic hydroxyl groups is 1. The Morgan fingerprint density at radius 1 is 1.16 bits per heavy atom. The molecule has 3 aromatic rings. The summed E-state index contributed by atoms with van der Waals surface area (Å²) in [4.78, 5) is 3.63. The molecule has 3 heteroatoms. The molecule has 0 bridgehead atoms. The number of aromatic amines is 1. The molecule has 0 saturated carbocycles. The van der Waals surface area contributed by atoms with Crippen molar-refractivity contribution in [3.8, 4) is 11.8 Å². The summed E-state index contributed by atoms with van der Waals surface area (Å²) in [5.74, 6) is 5.74. The van der Waals surface area contributed by atoms with Crippen molar-refractivity contribution in [1.29, 1.82) is 0 Å². The summed E-state index contributed by atoms with van der Waals surface area (Å²) in [6.45, 7) is 0.780. The molecule has 0 saturated heterocycles. The molecule has 25 heavy (non-hydrogen) atoms. The van der Waals surface area contributed by atoms with Crippen LogP contribution in [0.25, 0.3) is 10.9 Å². The molecule has 0 radical (unpaired) electrons. The van der Waals surface area contributed by atoms with Crippen LogP contribution in [0.2, 0.25) is 0 Å². The largest absolute Gasteiger partial charge is 0.384 e.